The van der Waals surface area contributed by atoms with Crippen LogP contribution in [-0.2, 0) is 14.3 Å². The van der Waals surface area contributed by atoms with E-state index in [-0.39, 0.29) is 12.5 Å². The summed E-state index contributed by atoms with van der Waals surface area (Å²) in [5.74, 6) is -0.906. The van der Waals surface area contributed by atoms with Gasteiger partial charge in [-0.1, -0.05) is 17.7 Å². The van der Waals surface area contributed by atoms with E-state index in [9.17, 15) is 9.59 Å². The Balaban J connectivity index is 1.75. The number of benzene rings is 1. The molecule has 2 rings (SSSR count). The van der Waals surface area contributed by atoms with Crippen LogP contribution < -0.4 is 5.32 Å². The van der Waals surface area contributed by atoms with Gasteiger partial charge in [-0.2, -0.15) is 11.3 Å². The number of rotatable bonds is 5. The molecule has 0 saturated carbocycles. The molecule has 2 aromatic rings. The molecule has 0 fully saturated rings. The number of nitrogens with one attached hydrogen (secondary N) is 1. The highest BCUT2D eigenvalue weighted by Gasteiger charge is 2.05. The van der Waals surface area contributed by atoms with Crippen LogP contribution in [0, 0.1) is 6.92 Å². The van der Waals surface area contributed by atoms with Crippen molar-refractivity contribution in [2.45, 2.75) is 6.92 Å². The van der Waals surface area contributed by atoms with Gasteiger partial charge in [0, 0.05) is 11.8 Å². The molecule has 0 atom stereocenters. The molecule has 21 heavy (non-hydrogen) atoms. The molecule has 0 aliphatic heterocycles. The SMILES string of the molecule is Cc1ccc(NC(=O)COC(=O)/C=C/c2ccsc2)cc1. The molecule has 5 heteroatoms. The van der Waals surface area contributed by atoms with Crippen molar-refractivity contribution in [3.05, 3.63) is 58.3 Å². The molecule has 0 spiro atoms. The number of hydrogen-bond donors (Lipinski definition) is 1. The van der Waals surface area contributed by atoms with Crippen LogP contribution in [0.15, 0.2) is 47.2 Å². The third kappa shape index (κ3) is 5.24. The Morgan fingerprint density at radius 2 is 2.00 bits per heavy atom. The van der Waals surface area contributed by atoms with Crippen LogP contribution in [0.4, 0.5) is 5.69 Å². The number of anilines is 1. The van der Waals surface area contributed by atoms with Crippen LogP contribution >= 0.6 is 11.3 Å². The number of carbonyl (C=O) groups excluding carboxylic acids is 2. The van der Waals surface area contributed by atoms with Crippen LogP contribution in [-0.4, -0.2) is 18.5 Å². The highest BCUT2D eigenvalue weighted by Crippen LogP contribution is 2.09. The van der Waals surface area contributed by atoms with E-state index >= 15 is 0 Å². The molecule has 0 aliphatic carbocycles. The number of esters is 1. The van der Waals surface area contributed by atoms with Crippen LogP contribution in [0.25, 0.3) is 6.08 Å². The fourth-order valence-electron chi connectivity index (χ4n) is 1.55. The summed E-state index contributed by atoms with van der Waals surface area (Å²) < 4.78 is 4.86. The largest absolute Gasteiger partial charge is 0.452 e. The van der Waals surface area contributed by atoms with E-state index in [1.165, 1.54) is 6.08 Å². The average Bonchev–Trinajstić information content (AvgIpc) is 2.99. The minimum atomic E-state index is -0.541. The number of carbonyl (C=O) groups is 2. The van der Waals surface area contributed by atoms with Crippen molar-refractivity contribution >= 4 is 35.0 Å². The number of thiophene rings is 1. The molecule has 4 nitrogen and oxygen atoms in total. The summed E-state index contributed by atoms with van der Waals surface area (Å²) in [5, 5.41) is 6.48. The third-order valence-electron chi connectivity index (χ3n) is 2.64. The van der Waals surface area contributed by atoms with E-state index in [0.29, 0.717) is 5.69 Å². The van der Waals surface area contributed by atoms with Crippen LogP contribution in [0.5, 0.6) is 0 Å². The molecule has 0 bridgehead atoms. The van der Waals surface area contributed by atoms with E-state index in [2.05, 4.69) is 5.32 Å². The van der Waals surface area contributed by atoms with Gasteiger partial charge in [0.05, 0.1) is 0 Å². The zero-order valence-corrected chi connectivity index (χ0v) is 12.4. The van der Waals surface area contributed by atoms with E-state index in [1.54, 1.807) is 29.5 Å². The highest BCUT2D eigenvalue weighted by molar-refractivity contribution is 7.08. The predicted molar refractivity (Wildman–Crippen MR) is 84.1 cm³/mol. The maximum Gasteiger partial charge on any atom is 0.331 e. The molecule has 1 aromatic heterocycles. The molecule has 0 radical (unpaired) electrons. The molecule has 0 saturated heterocycles. The van der Waals surface area contributed by atoms with Gasteiger partial charge in [-0.05, 0) is 47.5 Å². The van der Waals surface area contributed by atoms with Gasteiger partial charge in [0.15, 0.2) is 6.61 Å². The summed E-state index contributed by atoms with van der Waals surface area (Å²) in [6, 6.07) is 9.27. The lowest BCUT2D eigenvalue weighted by Gasteiger charge is -2.05. The standard InChI is InChI=1S/C16H15NO3S/c1-12-2-5-14(6-3-12)17-15(18)10-20-16(19)7-4-13-8-9-21-11-13/h2-9,11H,10H2,1H3,(H,17,18)/b7-4+. The van der Waals surface area contributed by atoms with E-state index in [1.807, 2.05) is 35.9 Å². The number of aryl methyl sites for hydroxylation is 1. The Morgan fingerprint density at radius 3 is 2.67 bits per heavy atom. The summed E-state index contributed by atoms with van der Waals surface area (Å²) in [4.78, 5) is 23.1. The van der Waals surface area contributed by atoms with Gasteiger partial charge in [-0.25, -0.2) is 4.79 Å². The van der Waals surface area contributed by atoms with Gasteiger partial charge in [-0.3, -0.25) is 4.79 Å². The number of amides is 1. The lowest BCUT2D eigenvalue weighted by atomic mass is 10.2. The van der Waals surface area contributed by atoms with Crippen molar-refractivity contribution in [1.29, 1.82) is 0 Å². The van der Waals surface area contributed by atoms with Crippen molar-refractivity contribution in [1.82, 2.24) is 0 Å². The minimum absolute atomic E-state index is 0.305. The normalized spacial score (nSPS) is 10.5. The molecular formula is C16H15NO3S. The van der Waals surface area contributed by atoms with E-state index in [4.69, 9.17) is 4.74 Å². The third-order valence-corrected chi connectivity index (χ3v) is 3.34. The van der Waals surface area contributed by atoms with Crippen molar-refractivity contribution in [2.75, 3.05) is 11.9 Å². The second-order valence-corrected chi connectivity index (χ2v) is 5.19. The zero-order chi connectivity index (χ0) is 15.1. The van der Waals surface area contributed by atoms with Gasteiger partial charge < -0.3 is 10.1 Å². The molecule has 1 aromatic carbocycles. The van der Waals surface area contributed by atoms with Crippen LogP contribution in [0.3, 0.4) is 0 Å². The van der Waals surface area contributed by atoms with Crippen molar-refractivity contribution in [3.63, 3.8) is 0 Å². The summed E-state index contributed by atoms with van der Waals surface area (Å²) >= 11 is 1.54. The maximum atomic E-state index is 11.6. The van der Waals surface area contributed by atoms with Gasteiger partial charge in [0.25, 0.3) is 5.91 Å². The van der Waals surface area contributed by atoms with E-state index < -0.39 is 5.97 Å². The predicted octanol–water partition coefficient (Wildman–Crippen LogP) is 3.25. The summed E-state index contributed by atoms with van der Waals surface area (Å²) in [6.07, 6.45) is 2.96. The molecule has 0 unspecified atom stereocenters. The Bertz CT molecular complexity index is 630. The Morgan fingerprint density at radius 1 is 1.24 bits per heavy atom. The minimum Gasteiger partial charge on any atom is -0.452 e. The lowest BCUT2D eigenvalue weighted by Crippen LogP contribution is -2.20. The van der Waals surface area contributed by atoms with Crippen molar-refractivity contribution < 1.29 is 14.3 Å². The summed E-state index contributed by atoms with van der Waals surface area (Å²) in [7, 11) is 0. The van der Waals surface area contributed by atoms with Crippen LogP contribution in [0.1, 0.15) is 11.1 Å². The number of ether oxygens (including phenoxy) is 1. The second kappa shape index (κ2) is 7.40. The van der Waals surface area contributed by atoms with Crippen molar-refractivity contribution in [3.8, 4) is 0 Å². The molecular weight excluding hydrogens is 286 g/mol. The molecule has 1 amide bonds. The highest BCUT2D eigenvalue weighted by atomic mass is 32.1. The molecule has 108 valence electrons. The van der Waals surface area contributed by atoms with Gasteiger partial charge in [0.2, 0.25) is 0 Å². The van der Waals surface area contributed by atoms with E-state index in [0.717, 1.165) is 11.1 Å². The van der Waals surface area contributed by atoms with Gasteiger partial charge in [0.1, 0.15) is 0 Å². The fourth-order valence-corrected chi connectivity index (χ4v) is 2.18. The number of hydrogen-bond acceptors (Lipinski definition) is 4. The first kappa shape index (κ1) is 15.0. The first-order valence-electron chi connectivity index (χ1n) is 6.37. The molecule has 1 N–H and O–H groups in total. The first-order valence-corrected chi connectivity index (χ1v) is 7.31. The Hall–Kier alpha value is -2.40. The summed E-state index contributed by atoms with van der Waals surface area (Å²) in [6.45, 7) is 1.66. The van der Waals surface area contributed by atoms with Gasteiger partial charge in [-0.15, -0.1) is 0 Å². The Kier molecular flexibility index (Phi) is 5.29. The Labute approximate surface area is 127 Å². The van der Waals surface area contributed by atoms with Crippen LogP contribution in [0.2, 0.25) is 0 Å². The average molecular weight is 301 g/mol. The summed E-state index contributed by atoms with van der Waals surface area (Å²) in [5.41, 5.74) is 2.72. The van der Waals surface area contributed by atoms with Gasteiger partial charge >= 0.3 is 5.97 Å². The monoisotopic (exact) mass is 301 g/mol. The second-order valence-electron chi connectivity index (χ2n) is 4.41. The maximum absolute atomic E-state index is 11.6. The molecule has 0 aliphatic rings. The lowest BCUT2D eigenvalue weighted by molar-refractivity contribution is -0.142. The smallest absolute Gasteiger partial charge is 0.331 e. The zero-order valence-electron chi connectivity index (χ0n) is 11.5. The first-order chi connectivity index (χ1) is 10.1. The fraction of sp³-hybridized carbons (Fsp3) is 0.125. The van der Waals surface area contributed by atoms with Crippen molar-refractivity contribution in [2.24, 2.45) is 0 Å². The topological polar surface area (TPSA) is 55.4 Å². The molecule has 1 heterocycles. The quantitative estimate of drug-likeness (QED) is 0.681.